The molecular weight excluding hydrogens is 781 g/mol. The fourth-order valence-corrected chi connectivity index (χ4v) is 12.0. The number of fused-ring (bicyclic) bond motifs is 13. The van der Waals surface area contributed by atoms with Gasteiger partial charge in [-0.3, -0.25) is 0 Å². The summed E-state index contributed by atoms with van der Waals surface area (Å²) in [6, 6.07) is 82.1. The Bertz CT molecular complexity index is 3820. The second-order valence-corrected chi connectivity index (χ2v) is 18.1. The van der Waals surface area contributed by atoms with Crippen LogP contribution in [0.1, 0.15) is 37.8 Å². The van der Waals surface area contributed by atoms with E-state index in [1.807, 2.05) is 0 Å². The Hall–Kier alpha value is -7.80. The van der Waals surface area contributed by atoms with E-state index in [9.17, 15) is 0 Å². The van der Waals surface area contributed by atoms with Crippen LogP contribution in [0, 0.1) is 0 Å². The largest absolute Gasteiger partial charge is 0.0642 e. The third-order valence-electron chi connectivity index (χ3n) is 15.1. The molecule has 12 aromatic carbocycles. The van der Waals surface area contributed by atoms with E-state index in [-0.39, 0.29) is 5.41 Å². The molecule has 1 aliphatic carbocycles. The molecule has 13 rings (SSSR count). The van der Waals surface area contributed by atoms with Gasteiger partial charge in [0.05, 0.1) is 0 Å². The third kappa shape index (κ3) is 5.57. The minimum atomic E-state index is 0.0394. The summed E-state index contributed by atoms with van der Waals surface area (Å²) in [6.07, 6.45) is 2.18. The predicted octanol–water partition coefficient (Wildman–Crippen LogP) is 18.4. The Balaban J connectivity index is 0.936. The molecule has 0 bridgehead atoms. The first-order chi connectivity index (χ1) is 32.1. The van der Waals surface area contributed by atoms with Crippen molar-refractivity contribution in [3.63, 3.8) is 0 Å². The molecule has 12 aromatic rings. The molecule has 0 heterocycles. The van der Waals surface area contributed by atoms with Gasteiger partial charge in [-0.15, -0.1) is 0 Å². The van der Waals surface area contributed by atoms with Crippen LogP contribution in [-0.4, -0.2) is 0 Å². The lowest BCUT2D eigenvalue weighted by Gasteiger charge is -2.29. The van der Waals surface area contributed by atoms with Crippen molar-refractivity contribution >= 4 is 64.6 Å². The van der Waals surface area contributed by atoms with Gasteiger partial charge in [-0.05, 0) is 162 Å². The van der Waals surface area contributed by atoms with Gasteiger partial charge in [0.25, 0.3) is 0 Å². The topological polar surface area (TPSA) is 0 Å². The maximum absolute atomic E-state index is 2.45. The molecule has 65 heavy (non-hydrogen) atoms. The van der Waals surface area contributed by atoms with Gasteiger partial charge in [0, 0.05) is 5.41 Å². The third-order valence-corrected chi connectivity index (χ3v) is 15.1. The quantitative estimate of drug-likeness (QED) is 0.116. The van der Waals surface area contributed by atoms with Crippen LogP contribution in [-0.2, 0) is 5.41 Å². The molecule has 0 saturated heterocycles. The fraction of sp³-hybridized carbons (Fsp3) is 0.0769. The molecule has 306 valence electrons. The molecule has 0 saturated carbocycles. The van der Waals surface area contributed by atoms with Crippen molar-refractivity contribution in [2.24, 2.45) is 0 Å². The highest BCUT2D eigenvalue weighted by molar-refractivity contribution is 6.30. The highest BCUT2D eigenvalue weighted by Crippen LogP contribution is 2.56. The van der Waals surface area contributed by atoms with Gasteiger partial charge in [-0.25, -0.2) is 0 Å². The molecule has 1 aliphatic rings. The minimum Gasteiger partial charge on any atom is -0.0642 e. The van der Waals surface area contributed by atoms with Crippen LogP contribution in [0.3, 0.4) is 0 Å². The van der Waals surface area contributed by atoms with Crippen molar-refractivity contribution in [2.75, 3.05) is 0 Å². The van der Waals surface area contributed by atoms with E-state index in [1.165, 1.54) is 131 Å². The number of rotatable bonds is 6. The molecule has 0 nitrogen and oxygen atoms in total. The highest BCUT2D eigenvalue weighted by atomic mass is 14.4. The predicted molar refractivity (Wildman–Crippen MR) is 280 cm³/mol. The molecule has 0 spiro atoms. The van der Waals surface area contributed by atoms with E-state index in [0.29, 0.717) is 0 Å². The molecule has 0 atom stereocenters. The van der Waals surface area contributed by atoms with Gasteiger partial charge in [0.15, 0.2) is 0 Å². The van der Waals surface area contributed by atoms with Crippen molar-refractivity contribution in [3.8, 4) is 55.6 Å². The average molecular weight is 827 g/mol. The summed E-state index contributed by atoms with van der Waals surface area (Å²) in [4.78, 5) is 0. The Morgan fingerprint density at radius 2 is 0.769 bits per heavy atom. The smallest absolute Gasteiger partial charge is 0.0210 e. The molecule has 0 radical (unpaired) electrons. The Labute approximate surface area is 380 Å². The molecule has 0 fully saturated rings. The second-order valence-electron chi connectivity index (χ2n) is 18.1. The van der Waals surface area contributed by atoms with E-state index in [1.54, 1.807) is 0 Å². The van der Waals surface area contributed by atoms with Crippen molar-refractivity contribution in [3.05, 3.63) is 230 Å². The summed E-state index contributed by atoms with van der Waals surface area (Å²) in [5, 5.41) is 15.5. The monoisotopic (exact) mass is 826 g/mol. The lowest BCUT2D eigenvalue weighted by molar-refractivity contribution is 0.491. The van der Waals surface area contributed by atoms with Gasteiger partial charge < -0.3 is 0 Å². The van der Waals surface area contributed by atoms with Gasteiger partial charge in [-0.2, -0.15) is 0 Å². The van der Waals surface area contributed by atoms with E-state index < -0.39 is 0 Å². The summed E-state index contributed by atoms with van der Waals surface area (Å²) >= 11 is 0. The van der Waals surface area contributed by atoms with Gasteiger partial charge in [0.1, 0.15) is 0 Å². The van der Waals surface area contributed by atoms with Crippen LogP contribution in [0.2, 0.25) is 0 Å². The van der Waals surface area contributed by atoms with Crippen LogP contribution in [0.15, 0.2) is 218 Å². The summed E-state index contributed by atoms with van der Waals surface area (Å²) < 4.78 is 0. The lowest BCUT2D eigenvalue weighted by Crippen LogP contribution is -2.22. The van der Waals surface area contributed by atoms with Crippen LogP contribution >= 0.6 is 0 Å². The van der Waals surface area contributed by atoms with Gasteiger partial charge in [-0.1, -0.05) is 214 Å². The van der Waals surface area contributed by atoms with E-state index in [4.69, 9.17) is 0 Å². The standard InChI is InChI=1S/C65H46/c1-3-65(4-2)59-27-14-13-26-57(59)64-60(65)37-36-56-50-35-34-47(40-58(50)49-20-7-8-21-51(49)63(56)64)42-28-31-43(32-29-42)61-52-22-9-11-24-54(52)62(55-25-12-10-23-53(55)61)48-19-15-18-45(39-48)46-33-30-41-16-5-6-17-44(41)38-46/h5-40H,3-4H2,1-2H3. The summed E-state index contributed by atoms with van der Waals surface area (Å²) in [6.45, 7) is 4.72. The number of hydrogen-bond donors (Lipinski definition) is 0. The zero-order valence-corrected chi connectivity index (χ0v) is 36.7. The Kier molecular flexibility index (Phi) is 8.49. The number of hydrogen-bond acceptors (Lipinski definition) is 0. The minimum absolute atomic E-state index is 0.0394. The van der Waals surface area contributed by atoms with E-state index in [0.717, 1.165) is 12.8 Å². The normalized spacial score (nSPS) is 13.0. The van der Waals surface area contributed by atoms with Crippen LogP contribution in [0.4, 0.5) is 0 Å². The lowest BCUT2D eigenvalue weighted by atomic mass is 9.73. The fourth-order valence-electron chi connectivity index (χ4n) is 12.0. The van der Waals surface area contributed by atoms with Crippen molar-refractivity contribution in [1.29, 1.82) is 0 Å². The molecule has 0 N–H and O–H groups in total. The Morgan fingerprint density at radius 3 is 1.49 bits per heavy atom. The van der Waals surface area contributed by atoms with Gasteiger partial charge >= 0.3 is 0 Å². The average Bonchev–Trinajstić information content (AvgIpc) is 3.67. The maximum Gasteiger partial charge on any atom is 0.0210 e. The zero-order chi connectivity index (χ0) is 43.2. The van der Waals surface area contributed by atoms with Crippen molar-refractivity contribution in [2.45, 2.75) is 32.1 Å². The van der Waals surface area contributed by atoms with Crippen LogP contribution in [0.25, 0.3) is 120 Å². The van der Waals surface area contributed by atoms with Gasteiger partial charge in [0.2, 0.25) is 0 Å². The van der Waals surface area contributed by atoms with Crippen molar-refractivity contribution in [1.82, 2.24) is 0 Å². The first kappa shape index (κ1) is 37.7. The number of benzene rings is 12. The van der Waals surface area contributed by atoms with Crippen LogP contribution in [0.5, 0.6) is 0 Å². The van der Waals surface area contributed by atoms with Crippen LogP contribution < -0.4 is 0 Å². The summed E-state index contributed by atoms with van der Waals surface area (Å²) in [5.41, 5.74) is 15.7. The van der Waals surface area contributed by atoms with E-state index in [2.05, 4.69) is 232 Å². The molecule has 0 unspecified atom stereocenters. The molecule has 0 aliphatic heterocycles. The van der Waals surface area contributed by atoms with Crippen molar-refractivity contribution < 1.29 is 0 Å². The highest BCUT2D eigenvalue weighted by Gasteiger charge is 2.41. The second kappa shape index (κ2) is 14.6. The zero-order valence-electron chi connectivity index (χ0n) is 36.7. The Morgan fingerprint density at radius 1 is 0.277 bits per heavy atom. The maximum atomic E-state index is 2.45. The molecular formula is C65H46. The summed E-state index contributed by atoms with van der Waals surface area (Å²) in [5.74, 6) is 0. The van der Waals surface area contributed by atoms with E-state index >= 15 is 0 Å². The SMILES string of the molecule is CCC1(CC)c2ccccc2-c2c1ccc1c3ccc(-c4ccc(-c5c6ccccc6c(-c6cccc(-c7ccc8ccccc8c7)c6)c6ccccc56)cc4)cc3c3ccccc3c21. The molecule has 0 amide bonds. The molecule has 0 aromatic heterocycles. The molecule has 0 heteroatoms. The first-order valence-electron chi connectivity index (χ1n) is 23.3. The summed E-state index contributed by atoms with van der Waals surface area (Å²) in [7, 11) is 0. The first-order valence-corrected chi connectivity index (χ1v) is 23.3.